The van der Waals surface area contributed by atoms with E-state index in [0.29, 0.717) is 19.5 Å². The second-order valence-corrected chi connectivity index (χ2v) is 5.63. The maximum Gasteiger partial charge on any atom is 0.237 e. The Kier molecular flexibility index (Phi) is 4.90. The molecule has 2 aromatic rings. The molecule has 1 saturated heterocycles. The monoisotopic (exact) mass is 312 g/mol. The van der Waals surface area contributed by atoms with Crippen LogP contribution in [0.2, 0.25) is 0 Å². The number of aliphatic hydroxyl groups excluding tert-OH is 1. The number of aliphatic hydroxyl groups is 1. The minimum absolute atomic E-state index is 0.0776. The Labute approximate surface area is 135 Å². The van der Waals surface area contributed by atoms with E-state index in [4.69, 9.17) is 4.74 Å². The summed E-state index contributed by atoms with van der Waals surface area (Å²) in [7, 11) is 0. The third kappa shape index (κ3) is 4.31. The molecule has 120 valence electrons. The van der Waals surface area contributed by atoms with Crippen LogP contribution in [0.1, 0.15) is 12.0 Å². The molecule has 0 aliphatic carbocycles. The number of β-amino-alcohol motifs (C(OH)–C–C–N with tert-alkyl or cyclic N) is 1. The van der Waals surface area contributed by atoms with Crippen LogP contribution in [0.25, 0.3) is 0 Å². The molecule has 3 rings (SSSR count). The Morgan fingerprint density at radius 1 is 1.13 bits per heavy atom. The van der Waals surface area contributed by atoms with Crippen molar-refractivity contribution in [3.63, 3.8) is 0 Å². The number of ether oxygens (including phenoxy) is 1. The Balaban J connectivity index is 1.50. The first-order valence-corrected chi connectivity index (χ1v) is 7.72. The van der Waals surface area contributed by atoms with E-state index in [9.17, 15) is 9.90 Å². The lowest BCUT2D eigenvalue weighted by atomic mass is 10.1. The molecule has 1 heterocycles. The van der Waals surface area contributed by atoms with E-state index in [2.05, 4.69) is 10.6 Å². The first-order chi connectivity index (χ1) is 11.2. The van der Waals surface area contributed by atoms with Gasteiger partial charge < -0.3 is 20.5 Å². The fourth-order valence-corrected chi connectivity index (χ4v) is 2.53. The Hall–Kier alpha value is -2.37. The zero-order valence-corrected chi connectivity index (χ0v) is 12.7. The highest BCUT2D eigenvalue weighted by Crippen LogP contribution is 2.21. The number of hydrogen-bond donors (Lipinski definition) is 3. The second kappa shape index (κ2) is 7.26. The van der Waals surface area contributed by atoms with Crippen LogP contribution in [-0.2, 0) is 11.3 Å². The van der Waals surface area contributed by atoms with Gasteiger partial charge in [-0.2, -0.15) is 0 Å². The summed E-state index contributed by atoms with van der Waals surface area (Å²) in [5, 5.41) is 15.3. The van der Waals surface area contributed by atoms with Crippen LogP contribution in [-0.4, -0.2) is 29.7 Å². The van der Waals surface area contributed by atoms with Crippen LogP contribution < -0.4 is 15.4 Å². The first kappa shape index (κ1) is 15.5. The maximum absolute atomic E-state index is 12.0. The Morgan fingerprint density at radius 2 is 1.83 bits per heavy atom. The van der Waals surface area contributed by atoms with Gasteiger partial charge in [0.25, 0.3) is 0 Å². The summed E-state index contributed by atoms with van der Waals surface area (Å²) in [4.78, 5) is 12.0. The second-order valence-electron chi connectivity index (χ2n) is 5.63. The number of nitrogens with one attached hydrogen (secondary N) is 2. The van der Waals surface area contributed by atoms with Gasteiger partial charge in [-0.05, 0) is 36.2 Å². The minimum Gasteiger partial charge on any atom is -0.457 e. The molecule has 0 unspecified atom stereocenters. The van der Waals surface area contributed by atoms with Gasteiger partial charge in [-0.15, -0.1) is 0 Å². The fourth-order valence-electron chi connectivity index (χ4n) is 2.53. The minimum atomic E-state index is -0.430. The molecular weight excluding hydrogens is 292 g/mol. The van der Waals surface area contributed by atoms with E-state index in [0.717, 1.165) is 17.1 Å². The summed E-state index contributed by atoms with van der Waals surface area (Å²) in [5.74, 6) is 1.47. The van der Waals surface area contributed by atoms with Crippen molar-refractivity contribution in [2.45, 2.75) is 25.1 Å². The smallest absolute Gasteiger partial charge is 0.237 e. The summed E-state index contributed by atoms with van der Waals surface area (Å²) in [6.07, 6.45) is 0.0375. The molecule has 1 fully saturated rings. The van der Waals surface area contributed by atoms with Crippen molar-refractivity contribution in [3.8, 4) is 11.5 Å². The molecule has 3 N–H and O–H groups in total. The lowest BCUT2D eigenvalue weighted by molar-refractivity contribution is -0.123. The summed E-state index contributed by atoms with van der Waals surface area (Å²) < 4.78 is 5.73. The number of rotatable bonds is 5. The van der Waals surface area contributed by atoms with E-state index < -0.39 is 6.10 Å². The number of benzene rings is 2. The average molecular weight is 312 g/mol. The van der Waals surface area contributed by atoms with Crippen molar-refractivity contribution in [3.05, 3.63) is 60.2 Å². The molecule has 2 aromatic carbocycles. The highest BCUT2D eigenvalue weighted by molar-refractivity contribution is 5.82. The normalized spacial score (nSPS) is 20.2. The average Bonchev–Trinajstić information content (AvgIpc) is 3.01. The van der Waals surface area contributed by atoms with Crippen LogP contribution in [0.3, 0.4) is 0 Å². The summed E-state index contributed by atoms with van der Waals surface area (Å²) in [6.45, 7) is 0.933. The molecule has 23 heavy (non-hydrogen) atoms. The van der Waals surface area contributed by atoms with Crippen LogP contribution in [0, 0.1) is 0 Å². The quantitative estimate of drug-likeness (QED) is 0.787. The van der Waals surface area contributed by atoms with Crippen molar-refractivity contribution in [1.29, 1.82) is 0 Å². The molecule has 1 aliphatic rings. The largest absolute Gasteiger partial charge is 0.457 e. The van der Waals surface area contributed by atoms with E-state index in [1.807, 2.05) is 54.6 Å². The van der Waals surface area contributed by atoms with E-state index in [1.54, 1.807) is 0 Å². The Bertz CT molecular complexity index is 643. The van der Waals surface area contributed by atoms with Gasteiger partial charge in [0.05, 0.1) is 12.1 Å². The van der Waals surface area contributed by atoms with Crippen LogP contribution >= 0.6 is 0 Å². The SMILES string of the molecule is O=C(NCc1ccc(Oc2ccccc2)cc1)[C@@H]1C[C@H](O)CN1. The predicted octanol–water partition coefficient (Wildman–Crippen LogP) is 1.82. The number of carbonyl (C=O) groups is 1. The van der Waals surface area contributed by atoms with Crippen LogP contribution in [0.5, 0.6) is 11.5 Å². The summed E-state index contributed by atoms with van der Waals surface area (Å²) >= 11 is 0. The third-order valence-electron chi connectivity index (χ3n) is 3.79. The molecule has 0 saturated carbocycles. The van der Waals surface area contributed by atoms with E-state index in [-0.39, 0.29) is 11.9 Å². The molecule has 0 aromatic heterocycles. The highest BCUT2D eigenvalue weighted by Gasteiger charge is 2.27. The van der Waals surface area contributed by atoms with Gasteiger partial charge in [0.15, 0.2) is 0 Å². The number of carbonyl (C=O) groups excluding carboxylic acids is 1. The molecule has 1 amide bonds. The van der Waals surface area contributed by atoms with Crippen molar-refractivity contribution in [2.24, 2.45) is 0 Å². The Morgan fingerprint density at radius 3 is 2.48 bits per heavy atom. The number of amides is 1. The van der Waals surface area contributed by atoms with Crippen molar-refractivity contribution >= 4 is 5.91 Å². The molecule has 5 heteroatoms. The lowest BCUT2D eigenvalue weighted by Crippen LogP contribution is -2.39. The molecule has 0 spiro atoms. The molecule has 0 bridgehead atoms. The van der Waals surface area contributed by atoms with Crippen molar-refractivity contribution in [1.82, 2.24) is 10.6 Å². The van der Waals surface area contributed by atoms with Gasteiger partial charge in [-0.3, -0.25) is 4.79 Å². The molecular formula is C18H20N2O3. The van der Waals surface area contributed by atoms with Gasteiger partial charge in [-0.25, -0.2) is 0 Å². The van der Waals surface area contributed by atoms with E-state index >= 15 is 0 Å². The van der Waals surface area contributed by atoms with Crippen LogP contribution in [0.15, 0.2) is 54.6 Å². The first-order valence-electron chi connectivity index (χ1n) is 7.72. The van der Waals surface area contributed by atoms with Gasteiger partial charge in [0.2, 0.25) is 5.91 Å². The zero-order valence-electron chi connectivity index (χ0n) is 12.7. The molecule has 0 radical (unpaired) electrons. The molecule has 5 nitrogen and oxygen atoms in total. The predicted molar refractivity (Wildman–Crippen MR) is 87.2 cm³/mol. The van der Waals surface area contributed by atoms with Crippen molar-refractivity contribution in [2.75, 3.05) is 6.54 Å². The zero-order chi connectivity index (χ0) is 16.1. The van der Waals surface area contributed by atoms with Gasteiger partial charge in [-0.1, -0.05) is 30.3 Å². The van der Waals surface area contributed by atoms with Crippen molar-refractivity contribution < 1.29 is 14.6 Å². The summed E-state index contributed by atoms with van der Waals surface area (Å²) in [5.41, 5.74) is 0.998. The standard InChI is InChI=1S/C18H20N2O3/c21-14-10-17(19-12-14)18(22)20-11-13-6-8-16(9-7-13)23-15-4-2-1-3-5-15/h1-9,14,17,19,21H,10-12H2,(H,20,22)/t14-,17-/m0/s1. The lowest BCUT2D eigenvalue weighted by Gasteiger charge is -2.11. The third-order valence-corrected chi connectivity index (χ3v) is 3.79. The highest BCUT2D eigenvalue weighted by atomic mass is 16.5. The number of para-hydroxylation sites is 1. The number of hydrogen-bond acceptors (Lipinski definition) is 4. The van der Waals surface area contributed by atoms with Gasteiger partial charge in [0, 0.05) is 13.1 Å². The summed E-state index contributed by atoms with van der Waals surface area (Å²) in [6, 6.07) is 16.9. The fraction of sp³-hybridized carbons (Fsp3) is 0.278. The van der Waals surface area contributed by atoms with E-state index in [1.165, 1.54) is 0 Å². The topological polar surface area (TPSA) is 70.6 Å². The maximum atomic E-state index is 12.0. The molecule has 2 atom stereocenters. The van der Waals surface area contributed by atoms with Crippen LogP contribution in [0.4, 0.5) is 0 Å². The molecule has 1 aliphatic heterocycles. The van der Waals surface area contributed by atoms with Gasteiger partial charge >= 0.3 is 0 Å². The van der Waals surface area contributed by atoms with Gasteiger partial charge in [0.1, 0.15) is 11.5 Å².